The summed E-state index contributed by atoms with van der Waals surface area (Å²) in [5.74, 6) is 1.37. The Labute approximate surface area is 103 Å². The number of rotatable bonds is 2. The molecule has 1 aliphatic heterocycles. The van der Waals surface area contributed by atoms with Crippen molar-refractivity contribution in [1.82, 2.24) is 0 Å². The minimum Gasteiger partial charge on any atom is -0.486 e. The van der Waals surface area contributed by atoms with Crippen molar-refractivity contribution >= 4 is 17.1 Å². The van der Waals surface area contributed by atoms with Crippen LogP contribution >= 0.6 is 11.3 Å². The van der Waals surface area contributed by atoms with Crippen molar-refractivity contribution in [2.45, 2.75) is 0 Å². The third kappa shape index (κ3) is 1.91. The number of fused-ring (bicyclic) bond motifs is 1. The normalized spacial score (nSPS) is 13.4. The molecule has 1 aliphatic rings. The molecule has 2 heterocycles. The average Bonchev–Trinajstić information content (AvgIpc) is 2.91. The Hall–Kier alpha value is -1.81. The van der Waals surface area contributed by atoms with Crippen molar-refractivity contribution in [3.63, 3.8) is 0 Å². The molecule has 1 aromatic heterocycles. The van der Waals surface area contributed by atoms with Gasteiger partial charge in [-0.1, -0.05) is 0 Å². The van der Waals surface area contributed by atoms with E-state index < -0.39 is 0 Å². The molecule has 3 nitrogen and oxygen atoms in total. The summed E-state index contributed by atoms with van der Waals surface area (Å²) in [6.45, 7) is 1.09. The van der Waals surface area contributed by atoms with Crippen molar-refractivity contribution in [2.75, 3.05) is 13.2 Å². The standard InChI is InChI=1S/C13H10O3S/c14-13(10-3-6-17-8-10)9-1-2-11-12(7-9)16-5-4-15-11/h1-3,6-8H,4-5H2. The van der Waals surface area contributed by atoms with Crippen LogP contribution in [0.4, 0.5) is 0 Å². The van der Waals surface area contributed by atoms with Gasteiger partial charge in [0.2, 0.25) is 0 Å². The summed E-state index contributed by atoms with van der Waals surface area (Å²) >= 11 is 1.51. The Morgan fingerprint density at radius 3 is 2.65 bits per heavy atom. The summed E-state index contributed by atoms with van der Waals surface area (Å²) < 4.78 is 10.9. The van der Waals surface area contributed by atoms with Crippen molar-refractivity contribution in [3.8, 4) is 11.5 Å². The molecule has 4 heteroatoms. The summed E-state index contributed by atoms with van der Waals surface area (Å²) in [5, 5.41) is 3.74. The number of carbonyl (C=O) groups excluding carboxylic acids is 1. The maximum atomic E-state index is 12.1. The van der Waals surface area contributed by atoms with E-state index in [0.717, 1.165) is 0 Å². The molecule has 0 N–H and O–H groups in total. The predicted molar refractivity (Wildman–Crippen MR) is 65.2 cm³/mol. The van der Waals surface area contributed by atoms with Gasteiger partial charge in [0.15, 0.2) is 17.3 Å². The summed E-state index contributed by atoms with van der Waals surface area (Å²) in [5.41, 5.74) is 1.35. The topological polar surface area (TPSA) is 35.5 Å². The van der Waals surface area contributed by atoms with Crippen molar-refractivity contribution < 1.29 is 14.3 Å². The van der Waals surface area contributed by atoms with Crippen LogP contribution in [-0.2, 0) is 0 Å². The molecule has 86 valence electrons. The summed E-state index contributed by atoms with van der Waals surface area (Å²) in [7, 11) is 0. The molecule has 2 aromatic rings. The zero-order valence-electron chi connectivity index (χ0n) is 9.01. The quantitative estimate of drug-likeness (QED) is 0.764. The number of ether oxygens (including phenoxy) is 2. The third-order valence-electron chi connectivity index (χ3n) is 2.59. The first-order chi connectivity index (χ1) is 8.34. The highest BCUT2D eigenvalue weighted by Crippen LogP contribution is 2.31. The van der Waals surface area contributed by atoms with E-state index >= 15 is 0 Å². The molecule has 0 saturated heterocycles. The highest BCUT2D eigenvalue weighted by atomic mass is 32.1. The fourth-order valence-corrected chi connectivity index (χ4v) is 2.38. The Kier molecular flexibility index (Phi) is 2.57. The minimum atomic E-state index is 0.0169. The lowest BCUT2D eigenvalue weighted by atomic mass is 10.1. The molecule has 1 aromatic carbocycles. The first-order valence-corrected chi connectivity index (χ1v) is 6.25. The first kappa shape index (κ1) is 10.4. The lowest BCUT2D eigenvalue weighted by Gasteiger charge is -2.18. The predicted octanol–water partition coefficient (Wildman–Crippen LogP) is 2.75. The zero-order valence-corrected chi connectivity index (χ0v) is 9.83. The van der Waals surface area contributed by atoms with Gasteiger partial charge in [-0.05, 0) is 29.6 Å². The van der Waals surface area contributed by atoms with Crippen LogP contribution in [0.1, 0.15) is 15.9 Å². The van der Waals surface area contributed by atoms with E-state index in [2.05, 4.69) is 0 Å². The molecule has 0 bridgehead atoms. The Balaban J connectivity index is 1.96. The Bertz CT molecular complexity index is 546. The molecule has 0 fully saturated rings. The second kappa shape index (κ2) is 4.22. The molecular weight excluding hydrogens is 236 g/mol. The van der Waals surface area contributed by atoms with Crippen LogP contribution < -0.4 is 9.47 Å². The Morgan fingerprint density at radius 1 is 1.06 bits per heavy atom. The van der Waals surface area contributed by atoms with Gasteiger partial charge in [-0.15, -0.1) is 0 Å². The maximum absolute atomic E-state index is 12.1. The third-order valence-corrected chi connectivity index (χ3v) is 3.27. The van der Waals surface area contributed by atoms with Gasteiger partial charge in [0, 0.05) is 16.5 Å². The average molecular weight is 246 g/mol. The first-order valence-electron chi connectivity index (χ1n) is 5.31. The monoisotopic (exact) mass is 246 g/mol. The van der Waals surface area contributed by atoms with Gasteiger partial charge in [0.05, 0.1) is 0 Å². The highest BCUT2D eigenvalue weighted by Gasteiger charge is 2.16. The molecule has 0 saturated carbocycles. The van der Waals surface area contributed by atoms with Crippen LogP contribution in [-0.4, -0.2) is 19.0 Å². The van der Waals surface area contributed by atoms with Gasteiger partial charge in [-0.3, -0.25) is 4.79 Å². The van der Waals surface area contributed by atoms with Crippen LogP contribution in [0.2, 0.25) is 0 Å². The van der Waals surface area contributed by atoms with Gasteiger partial charge >= 0.3 is 0 Å². The van der Waals surface area contributed by atoms with Gasteiger partial charge < -0.3 is 9.47 Å². The molecule has 3 rings (SSSR count). The molecule has 0 radical (unpaired) electrons. The van der Waals surface area contributed by atoms with Crippen molar-refractivity contribution in [2.24, 2.45) is 0 Å². The lowest BCUT2D eigenvalue weighted by Crippen LogP contribution is -2.15. The SMILES string of the molecule is O=C(c1ccsc1)c1ccc2c(c1)OCCO2. The summed E-state index contributed by atoms with van der Waals surface area (Å²) in [6, 6.07) is 7.12. The molecule has 0 amide bonds. The Morgan fingerprint density at radius 2 is 1.88 bits per heavy atom. The molecule has 17 heavy (non-hydrogen) atoms. The van der Waals surface area contributed by atoms with Crippen molar-refractivity contribution in [1.29, 1.82) is 0 Å². The van der Waals surface area contributed by atoms with Gasteiger partial charge in [0.25, 0.3) is 0 Å². The molecular formula is C13H10O3S. The van der Waals surface area contributed by atoms with E-state index in [9.17, 15) is 4.79 Å². The zero-order chi connectivity index (χ0) is 11.7. The van der Waals surface area contributed by atoms with Gasteiger partial charge in [-0.2, -0.15) is 11.3 Å². The highest BCUT2D eigenvalue weighted by molar-refractivity contribution is 7.08. The van der Waals surface area contributed by atoms with Crippen molar-refractivity contribution in [3.05, 3.63) is 46.2 Å². The van der Waals surface area contributed by atoms with E-state index in [1.54, 1.807) is 18.2 Å². The van der Waals surface area contributed by atoms with Gasteiger partial charge in [-0.25, -0.2) is 0 Å². The molecule has 0 aliphatic carbocycles. The number of benzene rings is 1. The number of hydrogen-bond acceptors (Lipinski definition) is 4. The number of hydrogen-bond donors (Lipinski definition) is 0. The number of thiophene rings is 1. The smallest absolute Gasteiger partial charge is 0.193 e. The largest absolute Gasteiger partial charge is 0.486 e. The molecule has 0 spiro atoms. The summed E-state index contributed by atoms with van der Waals surface area (Å²) in [4.78, 5) is 12.1. The van der Waals surface area contributed by atoms with E-state index in [4.69, 9.17) is 9.47 Å². The summed E-state index contributed by atoms with van der Waals surface area (Å²) in [6.07, 6.45) is 0. The van der Waals surface area contributed by atoms with E-state index in [1.165, 1.54) is 11.3 Å². The van der Waals surface area contributed by atoms with Crippen LogP contribution in [0.5, 0.6) is 11.5 Å². The lowest BCUT2D eigenvalue weighted by molar-refractivity contribution is 0.103. The molecule has 0 atom stereocenters. The number of ketones is 1. The van der Waals surface area contributed by atoms with E-state index in [0.29, 0.717) is 35.8 Å². The van der Waals surface area contributed by atoms with Crippen LogP contribution in [0.15, 0.2) is 35.0 Å². The fraction of sp³-hybridized carbons (Fsp3) is 0.154. The van der Waals surface area contributed by atoms with E-state index in [1.807, 2.05) is 16.8 Å². The van der Waals surface area contributed by atoms with Crippen LogP contribution in [0.3, 0.4) is 0 Å². The molecule has 0 unspecified atom stereocenters. The fourth-order valence-electron chi connectivity index (χ4n) is 1.74. The number of carbonyl (C=O) groups is 1. The van der Waals surface area contributed by atoms with Crippen LogP contribution in [0.25, 0.3) is 0 Å². The second-order valence-corrected chi connectivity index (χ2v) is 4.48. The van der Waals surface area contributed by atoms with E-state index in [-0.39, 0.29) is 5.78 Å². The van der Waals surface area contributed by atoms with Crippen LogP contribution in [0, 0.1) is 0 Å². The second-order valence-electron chi connectivity index (χ2n) is 3.70. The minimum absolute atomic E-state index is 0.0169. The van der Waals surface area contributed by atoms with Gasteiger partial charge in [0.1, 0.15) is 13.2 Å². The maximum Gasteiger partial charge on any atom is 0.193 e.